The van der Waals surface area contributed by atoms with E-state index in [4.69, 9.17) is 4.84 Å². The first-order valence-electron chi connectivity index (χ1n) is 8.85. The highest BCUT2D eigenvalue weighted by atomic mass is 16.6. The van der Waals surface area contributed by atoms with E-state index in [2.05, 4.69) is 5.16 Å². The van der Waals surface area contributed by atoms with Gasteiger partial charge in [0.2, 0.25) is 12.0 Å². The molecular formula is C21H20N2O3. The third kappa shape index (κ3) is 2.90. The minimum Gasteiger partial charge on any atom is -0.381 e. The first-order chi connectivity index (χ1) is 12.6. The molecule has 2 heterocycles. The summed E-state index contributed by atoms with van der Waals surface area (Å²) in [5.74, 6) is -1.11. The van der Waals surface area contributed by atoms with Crippen LogP contribution in [0.5, 0.6) is 0 Å². The molecule has 5 heteroatoms. The van der Waals surface area contributed by atoms with Gasteiger partial charge >= 0.3 is 0 Å². The van der Waals surface area contributed by atoms with Gasteiger partial charge in [0.15, 0.2) is 0 Å². The number of carbonyl (C=O) groups is 2. The van der Waals surface area contributed by atoms with Crippen LogP contribution >= 0.6 is 0 Å². The van der Waals surface area contributed by atoms with Gasteiger partial charge in [0.25, 0.3) is 5.91 Å². The Bertz CT molecular complexity index is 859. The molecular weight excluding hydrogens is 328 g/mol. The topological polar surface area (TPSA) is 59.0 Å². The van der Waals surface area contributed by atoms with Gasteiger partial charge in [0, 0.05) is 12.1 Å². The second-order valence-corrected chi connectivity index (χ2v) is 6.76. The number of nitrogens with zero attached hydrogens (tertiary/aromatic N) is 2. The fraction of sp³-hybridized carbons (Fsp3) is 0.286. The highest BCUT2D eigenvalue weighted by Gasteiger charge is 2.55. The van der Waals surface area contributed by atoms with Crippen molar-refractivity contribution in [3.63, 3.8) is 0 Å². The van der Waals surface area contributed by atoms with Gasteiger partial charge in [0.1, 0.15) is 11.6 Å². The van der Waals surface area contributed by atoms with Gasteiger partial charge in [-0.05, 0) is 25.3 Å². The van der Waals surface area contributed by atoms with E-state index in [9.17, 15) is 9.59 Å². The Hall–Kier alpha value is -2.95. The second-order valence-electron chi connectivity index (χ2n) is 6.76. The minimum absolute atomic E-state index is 0.204. The molecule has 0 unspecified atom stereocenters. The number of hydrogen-bond acceptors (Lipinski definition) is 4. The zero-order valence-corrected chi connectivity index (χ0v) is 14.6. The predicted octanol–water partition coefficient (Wildman–Crippen LogP) is 2.72. The fourth-order valence-corrected chi connectivity index (χ4v) is 3.50. The lowest BCUT2D eigenvalue weighted by molar-refractivity contribution is -0.142. The van der Waals surface area contributed by atoms with E-state index < -0.39 is 12.0 Å². The molecule has 1 saturated heterocycles. The third-order valence-corrected chi connectivity index (χ3v) is 4.94. The number of rotatable bonds is 5. The lowest BCUT2D eigenvalue weighted by Gasteiger charge is -2.15. The van der Waals surface area contributed by atoms with Gasteiger partial charge in [-0.1, -0.05) is 65.3 Å². The average molecular weight is 348 g/mol. The Morgan fingerprint density at radius 1 is 1.00 bits per heavy atom. The molecule has 0 bridgehead atoms. The maximum atomic E-state index is 12.8. The maximum absolute atomic E-state index is 12.8. The number of imide groups is 1. The van der Waals surface area contributed by atoms with Gasteiger partial charge in [-0.15, -0.1) is 0 Å². The van der Waals surface area contributed by atoms with Crippen molar-refractivity contribution in [2.45, 2.75) is 25.9 Å². The van der Waals surface area contributed by atoms with Crippen LogP contribution in [0, 0.1) is 12.8 Å². The molecule has 2 aromatic rings. The van der Waals surface area contributed by atoms with Crippen LogP contribution in [0.4, 0.5) is 0 Å². The van der Waals surface area contributed by atoms with E-state index in [1.54, 1.807) is 0 Å². The molecule has 0 radical (unpaired) electrons. The smallest absolute Gasteiger partial charge is 0.274 e. The zero-order valence-electron chi connectivity index (χ0n) is 14.6. The molecule has 5 nitrogen and oxygen atoms in total. The molecule has 132 valence electrons. The highest BCUT2D eigenvalue weighted by molar-refractivity contribution is 6.23. The average Bonchev–Trinajstić information content (AvgIpc) is 3.19. The molecule has 0 saturated carbocycles. The maximum Gasteiger partial charge on any atom is 0.274 e. The Kier molecular flexibility index (Phi) is 4.29. The number of hydrogen-bond donors (Lipinski definition) is 0. The summed E-state index contributed by atoms with van der Waals surface area (Å²) in [7, 11) is 0. The third-order valence-electron chi connectivity index (χ3n) is 4.94. The molecule has 0 N–H and O–H groups in total. The van der Waals surface area contributed by atoms with Crippen molar-refractivity contribution in [2.24, 2.45) is 11.1 Å². The largest absolute Gasteiger partial charge is 0.381 e. The quantitative estimate of drug-likeness (QED) is 0.781. The van der Waals surface area contributed by atoms with Gasteiger partial charge in [-0.25, -0.2) is 0 Å². The summed E-state index contributed by atoms with van der Waals surface area (Å²) in [6.45, 7) is 2.41. The van der Waals surface area contributed by atoms with Crippen LogP contribution in [0.25, 0.3) is 0 Å². The Balaban J connectivity index is 1.45. The lowest BCUT2D eigenvalue weighted by Crippen LogP contribution is -2.34. The number of likely N-dealkylation sites (tertiary alicyclic amines) is 1. The predicted molar refractivity (Wildman–Crippen MR) is 97.6 cm³/mol. The van der Waals surface area contributed by atoms with Crippen molar-refractivity contribution in [3.05, 3.63) is 71.3 Å². The highest BCUT2D eigenvalue weighted by Crippen LogP contribution is 2.32. The van der Waals surface area contributed by atoms with Gasteiger partial charge in [-0.3, -0.25) is 14.5 Å². The Labute approximate surface area is 152 Å². The first-order valence-corrected chi connectivity index (χ1v) is 8.85. The molecule has 2 atom stereocenters. The van der Waals surface area contributed by atoms with Crippen LogP contribution < -0.4 is 0 Å². The molecule has 2 amide bonds. The standard InChI is InChI=1S/C21H20N2O3/c1-14-9-11-16(12-10-14)18-17-19(26-22-18)21(25)23(20(17)24)13-5-8-15-6-3-2-4-7-15/h2-4,6-7,9-12,17,19H,5,8,13H2,1H3/t17-,19+/m1/s1. The van der Waals surface area contributed by atoms with E-state index in [1.807, 2.05) is 61.5 Å². The zero-order chi connectivity index (χ0) is 18.1. The summed E-state index contributed by atoms with van der Waals surface area (Å²) < 4.78 is 0. The van der Waals surface area contributed by atoms with E-state index in [0.29, 0.717) is 12.3 Å². The number of oxime groups is 1. The van der Waals surface area contributed by atoms with Crippen molar-refractivity contribution in [3.8, 4) is 0 Å². The van der Waals surface area contributed by atoms with Crippen molar-refractivity contribution < 1.29 is 14.4 Å². The van der Waals surface area contributed by atoms with Crippen LogP contribution in [0.2, 0.25) is 0 Å². The number of fused-ring (bicyclic) bond motifs is 1. The molecule has 2 aliphatic rings. The summed E-state index contributed by atoms with van der Waals surface area (Å²) in [5.41, 5.74) is 3.71. The Morgan fingerprint density at radius 2 is 1.73 bits per heavy atom. The summed E-state index contributed by atoms with van der Waals surface area (Å²) in [4.78, 5) is 32.1. The van der Waals surface area contributed by atoms with Crippen molar-refractivity contribution in [1.29, 1.82) is 0 Å². The van der Waals surface area contributed by atoms with Crippen LogP contribution in [0.1, 0.15) is 23.1 Å². The van der Waals surface area contributed by atoms with Crippen molar-refractivity contribution in [1.82, 2.24) is 4.90 Å². The molecule has 0 spiro atoms. The van der Waals surface area contributed by atoms with Gasteiger partial charge in [-0.2, -0.15) is 0 Å². The lowest BCUT2D eigenvalue weighted by atomic mass is 9.93. The van der Waals surface area contributed by atoms with Crippen LogP contribution in [0.3, 0.4) is 0 Å². The van der Waals surface area contributed by atoms with Crippen LogP contribution in [-0.4, -0.2) is 35.1 Å². The van der Waals surface area contributed by atoms with E-state index in [-0.39, 0.29) is 11.8 Å². The molecule has 0 aliphatic carbocycles. The molecule has 26 heavy (non-hydrogen) atoms. The molecule has 1 fully saturated rings. The number of amides is 2. The summed E-state index contributed by atoms with van der Waals surface area (Å²) in [6.07, 6.45) is 0.751. The van der Waals surface area contributed by atoms with E-state index in [1.165, 1.54) is 10.5 Å². The van der Waals surface area contributed by atoms with Crippen LogP contribution in [-0.2, 0) is 20.8 Å². The summed E-state index contributed by atoms with van der Waals surface area (Å²) in [5, 5.41) is 4.03. The monoisotopic (exact) mass is 348 g/mol. The number of aryl methyl sites for hydroxylation is 2. The minimum atomic E-state index is -0.810. The fourth-order valence-electron chi connectivity index (χ4n) is 3.50. The molecule has 2 aliphatic heterocycles. The Morgan fingerprint density at radius 3 is 2.46 bits per heavy atom. The van der Waals surface area contributed by atoms with Gasteiger partial charge < -0.3 is 4.84 Å². The van der Waals surface area contributed by atoms with Crippen molar-refractivity contribution >= 4 is 17.5 Å². The number of benzene rings is 2. The molecule has 2 aromatic carbocycles. The summed E-state index contributed by atoms with van der Waals surface area (Å²) in [6, 6.07) is 17.8. The molecule has 4 rings (SSSR count). The molecule has 0 aromatic heterocycles. The first kappa shape index (κ1) is 16.5. The SMILES string of the molecule is Cc1ccc(C2=NO[C@@H]3C(=O)N(CCCc4ccccc4)C(=O)[C@H]23)cc1. The van der Waals surface area contributed by atoms with E-state index >= 15 is 0 Å². The van der Waals surface area contributed by atoms with Crippen molar-refractivity contribution in [2.75, 3.05) is 6.54 Å². The summed E-state index contributed by atoms with van der Waals surface area (Å²) >= 11 is 0. The van der Waals surface area contributed by atoms with Crippen LogP contribution in [0.15, 0.2) is 59.8 Å². The number of carbonyl (C=O) groups excluding carboxylic acids is 2. The normalized spacial score (nSPS) is 21.6. The van der Waals surface area contributed by atoms with Gasteiger partial charge in [0.05, 0.1) is 0 Å². The second kappa shape index (κ2) is 6.75. The van der Waals surface area contributed by atoms with E-state index in [0.717, 1.165) is 24.0 Å².